The normalized spacial score (nSPS) is 13.4. The van der Waals surface area contributed by atoms with Gasteiger partial charge in [-0.15, -0.1) is 0 Å². The van der Waals surface area contributed by atoms with Gasteiger partial charge in [0, 0.05) is 19.3 Å². The van der Waals surface area contributed by atoms with Crippen LogP contribution in [0.3, 0.4) is 0 Å². The average Bonchev–Trinajstić information content (AvgIpc) is 2.29. The third-order valence-electron chi connectivity index (χ3n) is 2.38. The van der Waals surface area contributed by atoms with Gasteiger partial charge in [0.05, 0.1) is 18.3 Å². The Bertz CT molecular complexity index is 351. The van der Waals surface area contributed by atoms with E-state index in [1.54, 1.807) is 0 Å². The van der Waals surface area contributed by atoms with Crippen molar-refractivity contribution in [3.63, 3.8) is 0 Å². The zero-order valence-corrected chi connectivity index (χ0v) is 10.00. The van der Waals surface area contributed by atoms with E-state index in [2.05, 4.69) is 5.32 Å². The lowest BCUT2D eigenvalue weighted by Crippen LogP contribution is -2.18. The van der Waals surface area contributed by atoms with Crippen molar-refractivity contribution in [2.45, 2.75) is 18.7 Å². The molecule has 1 aromatic carbocycles. The first-order chi connectivity index (χ1) is 8.43. The molecule has 1 aromatic rings. The quantitative estimate of drug-likeness (QED) is 0.828. The second-order valence-electron chi connectivity index (χ2n) is 3.90. The third-order valence-corrected chi connectivity index (χ3v) is 2.38. The SMILES string of the molecule is COCC(O)CCNc1ccc(C(F)(F)F)cc1. The molecule has 0 spiro atoms. The maximum absolute atomic E-state index is 12.3. The topological polar surface area (TPSA) is 41.5 Å². The van der Waals surface area contributed by atoms with Gasteiger partial charge in [-0.3, -0.25) is 0 Å². The van der Waals surface area contributed by atoms with Crippen LogP contribution in [0.1, 0.15) is 12.0 Å². The fourth-order valence-electron chi connectivity index (χ4n) is 1.44. The Morgan fingerprint density at radius 1 is 1.28 bits per heavy atom. The van der Waals surface area contributed by atoms with Gasteiger partial charge >= 0.3 is 6.18 Å². The highest BCUT2D eigenvalue weighted by molar-refractivity contribution is 5.45. The van der Waals surface area contributed by atoms with E-state index in [-0.39, 0.29) is 6.61 Å². The molecule has 0 aliphatic carbocycles. The van der Waals surface area contributed by atoms with Gasteiger partial charge in [0.15, 0.2) is 0 Å². The lowest BCUT2D eigenvalue weighted by Gasteiger charge is -2.12. The number of aliphatic hydroxyl groups excluding tert-OH is 1. The molecule has 2 N–H and O–H groups in total. The maximum atomic E-state index is 12.3. The molecule has 0 aliphatic heterocycles. The van der Waals surface area contributed by atoms with Crippen molar-refractivity contribution in [3.05, 3.63) is 29.8 Å². The van der Waals surface area contributed by atoms with Gasteiger partial charge in [-0.2, -0.15) is 13.2 Å². The van der Waals surface area contributed by atoms with E-state index in [9.17, 15) is 18.3 Å². The Hall–Kier alpha value is -1.27. The molecule has 1 unspecified atom stereocenters. The van der Waals surface area contributed by atoms with Crippen molar-refractivity contribution >= 4 is 5.69 Å². The molecule has 6 heteroatoms. The van der Waals surface area contributed by atoms with E-state index in [0.29, 0.717) is 18.7 Å². The van der Waals surface area contributed by atoms with Gasteiger partial charge in [-0.25, -0.2) is 0 Å². The van der Waals surface area contributed by atoms with Crippen LogP contribution in [-0.4, -0.2) is 31.5 Å². The molecule has 3 nitrogen and oxygen atoms in total. The number of alkyl halides is 3. The minimum absolute atomic E-state index is 0.245. The molecule has 0 bridgehead atoms. The smallest absolute Gasteiger partial charge is 0.391 e. The molecule has 0 aliphatic rings. The van der Waals surface area contributed by atoms with Crippen molar-refractivity contribution < 1.29 is 23.0 Å². The van der Waals surface area contributed by atoms with E-state index >= 15 is 0 Å². The van der Waals surface area contributed by atoms with Crippen LogP contribution in [0.2, 0.25) is 0 Å². The van der Waals surface area contributed by atoms with Crippen LogP contribution in [0, 0.1) is 0 Å². The summed E-state index contributed by atoms with van der Waals surface area (Å²) in [5.41, 5.74) is -0.0833. The van der Waals surface area contributed by atoms with Crippen molar-refractivity contribution in [2.75, 3.05) is 25.6 Å². The number of benzene rings is 1. The monoisotopic (exact) mass is 263 g/mol. The van der Waals surface area contributed by atoms with E-state index < -0.39 is 17.8 Å². The molecule has 1 atom stereocenters. The molecule has 0 saturated heterocycles. The average molecular weight is 263 g/mol. The molecule has 1 rings (SSSR count). The van der Waals surface area contributed by atoms with Crippen molar-refractivity contribution in [1.29, 1.82) is 0 Å². The van der Waals surface area contributed by atoms with Crippen LogP contribution < -0.4 is 5.32 Å². The minimum atomic E-state index is -4.31. The first kappa shape index (κ1) is 14.8. The van der Waals surface area contributed by atoms with Gasteiger partial charge in [0.1, 0.15) is 0 Å². The number of nitrogens with one attached hydrogen (secondary N) is 1. The molecule has 102 valence electrons. The molecule has 0 radical (unpaired) electrons. The molecule has 18 heavy (non-hydrogen) atoms. The Kier molecular flexibility index (Phi) is 5.43. The van der Waals surface area contributed by atoms with Crippen LogP contribution in [0.15, 0.2) is 24.3 Å². The highest BCUT2D eigenvalue weighted by atomic mass is 19.4. The zero-order chi connectivity index (χ0) is 13.6. The number of halogens is 3. The highest BCUT2D eigenvalue weighted by Crippen LogP contribution is 2.29. The summed E-state index contributed by atoms with van der Waals surface area (Å²) in [5.74, 6) is 0. The van der Waals surface area contributed by atoms with E-state index in [4.69, 9.17) is 4.74 Å². The zero-order valence-electron chi connectivity index (χ0n) is 10.00. The van der Waals surface area contributed by atoms with Crippen molar-refractivity contribution in [3.8, 4) is 0 Å². The summed E-state index contributed by atoms with van der Waals surface area (Å²) in [6.45, 7) is 0.713. The molecular weight excluding hydrogens is 247 g/mol. The number of ether oxygens (including phenoxy) is 1. The number of methoxy groups -OCH3 is 1. The Labute approximate surface area is 104 Å². The van der Waals surface area contributed by atoms with Crippen LogP contribution in [-0.2, 0) is 10.9 Å². The summed E-state index contributed by atoms with van der Waals surface area (Å²) in [7, 11) is 1.49. The maximum Gasteiger partial charge on any atom is 0.416 e. The minimum Gasteiger partial charge on any atom is -0.391 e. The molecule has 0 saturated carbocycles. The van der Waals surface area contributed by atoms with Crippen LogP contribution in [0.4, 0.5) is 18.9 Å². The number of hydrogen-bond donors (Lipinski definition) is 2. The summed E-state index contributed by atoms with van der Waals surface area (Å²) in [6.07, 6.45) is -4.42. The summed E-state index contributed by atoms with van der Waals surface area (Å²) in [6, 6.07) is 4.78. The lowest BCUT2D eigenvalue weighted by atomic mass is 10.2. The third kappa shape index (κ3) is 4.93. The summed E-state index contributed by atoms with van der Waals surface area (Å²) in [5, 5.41) is 12.3. The largest absolute Gasteiger partial charge is 0.416 e. The lowest BCUT2D eigenvalue weighted by molar-refractivity contribution is -0.137. The fourth-order valence-corrected chi connectivity index (χ4v) is 1.44. The van der Waals surface area contributed by atoms with Gasteiger partial charge in [0.2, 0.25) is 0 Å². The predicted octanol–water partition coefficient (Wildman–Crippen LogP) is 2.51. The van der Waals surface area contributed by atoms with E-state index in [1.807, 2.05) is 0 Å². The molecule has 0 aromatic heterocycles. The molecule has 0 fully saturated rings. The predicted molar refractivity (Wildman–Crippen MR) is 62.4 cm³/mol. The first-order valence-electron chi connectivity index (χ1n) is 5.51. The standard InChI is InChI=1S/C12H16F3NO2/c1-18-8-11(17)6-7-16-10-4-2-9(3-5-10)12(13,14)15/h2-5,11,16-17H,6-8H2,1H3. The number of anilines is 1. The fraction of sp³-hybridized carbons (Fsp3) is 0.500. The Balaban J connectivity index is 2.40. The van der Waals surface area contributed by atoms with Crippen molar-refractivity contribution in [2.24, 2.45) is 0 Å². The van der Waals surface area contributed by atoms with Gasteiger partial charge in [-0.1, -0.05) is 0 Å². The first-order valence-corrected chi connectivity index (χ1v) is 5.51. The van der Waals surface area contributed by atoms with Crippen LogP contribution in [0.25, 0.3) is 0 Å². The van der Waals surface area contributed by atoms with Gasteiger partial charge in [-0.05, 0) is 30.7 Å². The number of hydrogen-bond acceptors (Lipinski definition) is 3. The van der Waals surface area contributed by atoms with Gasteiger partial charge < -0.3 is 15.2 Å². The molecular formula is C12H16F3NO2. The Morgan fingerprint density at radius 3 is 2.39 bits per heavy atom. The van der Waals surface area contributed by atoms with Crippen molar-refractivity contribution in [1.82, 2.24) is 0 Å². The second-order valence-corrected chi connectivity index (χ2v) is 3.90. The van der Waals surface area contributed by atoms with Crippen LogP contribution in [0.5, 0.6) is 0 Å². The molecule has 0 amide bonds. The highest BCUT2D eigenvalue weighted by Gasteiger charge is 2.29. The summed E-state index contributed by atoms with van der Waals surface area (Å²) < 4.78 is 41.6. The van der Waals surface area contributed by atoms with E-state index in [0.717, 1.165) is 12.1 Å². The summed E-state index contributed by atoms with van der Waals surface area (Å²) >= 11 is 0. The number of aliphatic hydroxyl groups is 1. The van der Waals surface area contributed by atoms with Gasteiger partial charge in [0.25, 0.3) is 0 Å². The number of rotatable bonds is 6. The van der Waals surface area contributed by atoms with Crippen LogP contribution >= 0.6 is 0 Å². The molecule has 0 heterocycles. The van der Waals surface area contributed by atoms with E-state index in [1.165, 1.54) is 19.2 Å². The second kappa shape index (κ2) is 6.61. The Morgan fingerprint density at radius 2 is 1.89 bits per heavy atom. The summed E-state index contributed by atoms with van der Waals surface area (Å²) in [4.78, 5) is 0.